The van der Waals surface area contributed by atoms with Gasteiger partial charge in [-0.05, 0) is 73.8 Å². The van der Waals surface area contributed by atoms with Gasteiger partial charge in [-0.2, -0.15) is 0 Å². The van der Waals surface area contributed by atoms with Crippen molar-refractivity contribution in [2.24, 2.45) is 5.92 Å². The van der Waals surface area contributed by atoms with E-state index in [2.05, 4.69) is 10.3 Å². The van der Waals surface area contributed by atoms with Gasteiger partial charge in [0.05, 0.1) is 17.9 Å². The number of hydrogen-bond donors (Lipinski definition) is 2. The number of hydrogen-bond acceptors (Lipinski definition) is 5. The van der Waals surface area contributed by atoms with Gasteiger partial charge in [0.15, 0.2) is 0 Å². The molecule has 0 bridgehead atoms. The number of nitrogens with zero attached hydrogens (tertiary/aromatic N) is 3. The molecular weight excluding hydrogens is 449 g/mol. The molecule has 2 heterocycles. The maximum Gasteiger partial charge on any atom is 0.313 e. The fraction of sp³-hybridized carbons (Fsp3) is 0.462. The number of aromatic nitrogens is 1. The molecule has 1 saturated heterocycles. The van der Waals surface area contributed by atoms with Gasteiger partial charge in [-0.15, -0.1) is 0 Å². The van der Waals surface area contributed by atoms with Crippen LogP contribution in [0.25, 0.3) is 0 Å². The Morgan fingerprint density at radius 1 is 1.09 bits per heavy atom. The van der Waals surface area contributed by atoms with Gasteiger partial charge in [0, 0.05) is 25.6 Å². The summed E-state index contributed by atoms with van der Waals surface area (Å²) in [6, 6.07) is 6.83. The lowest BCUT2D eigenvalue weighted by Crippen LogP contribution is -2.58. The van der Waals surface area contributed by atoms with Crippen LogP contribution < -0.4 is 11.1 Å². The van der Waals surface area contributed by atoms with Crippen LogP contribution >= 0.6 is 0 Å². The molecule has 3 aliphatic rings. The molecule has 9 heteroatoms. The fourth-order valence-corrected chi connectivity index (χ4v) is 4.80. The zero-order valence-electron chi connectivity index (χ0n) is 19.7. The smallest absolute Gasteiger partial charge is 0.313 e. The Bertz CT molecular complexity index is 1150. The van der Waals surface area contributed by atoms with Gasteiger partial charge in [0.1, 0.15) is 11.6 Å². The summed E-state index contributed by atoms with van der Waals surface area (Å²) >= 11 is 0. The Balaban J connectivity index is 1.36. The maximum absolute atomic E-state index is 13.6. The molecule has 2 aromatic rings. The van der Waals surface area contributed by atoms with Crippen LogP contribution in [0.4, 0.5) is 15.9 Å². The summed E-state index contributed by atoms with van der Waals surface area (Å²) in [6.45, 7) is 2.35. The van der Waals surface area contributed by atoms with Crippen molar-refractivity contribution in [3.8, 4) is 0 Å². The average molecular weight is 480 g/mol. The van der Waals surface area contributed by atoms with E-state index in [1.807, 2.05) is 6.92 Å². The molecule has 5 rings (SSSR count). The zero-order chi connectivity index (χ0) is 24.7. The summed E-state index contributed by atoms with van der Waals surface area (Å²) in [6.07, 6.45) is 6.15. The predicted molar refractivity (Wildman–Crippen MR) is 129 cm³/mol. The SMILES string of the molecule is C[C@@H]1CN(C(=O)C(=O)Nc2cnc(N)c(C3CC3)c2)[C@H](c2ccc(F)cc2)CN1C(=O)CC1CC1. The average Bonchev–Trinajstić information content (AvgIpc) is 3.75. The number of pyridine rings is 1. The van der Waals surface area contributed by atoms with Crippen molar-refractivity contribution in [2.45, 2.75) is 57.0 Å². The lowest BCUT2D eigenvalue weighted by atomic mass is 9.98. The van der Waals surface area contributed by atoms with Crippen LogP contribution in [0, 0.1) is 11.7 Å². The minimum Gasteiger partial charge on any atom is -0.383 e. The molecule has 1 aromatic heterocycles. The van der Waals surface area contributed by atoms with Crippen molar-refractivity contribution in [3.05, 3.63) is 53.5 Å². The number of piperazine rings is 1. The maximum atomic E-state index is 13.6. The highest BCUT2D eigenvalue weighted by atomic mass is 19.1. The van der Waals surface area contributed by atoms with Gasteiger partial charge >= 0.3 is 11.8 Å². The van der Waals surface area contributed by atoms with E-state index in [-0.39, 0.29) is 25.0 Å². The number of benzene rings is 1. The van der Waals surface area contributed by atoms with E-state index < -0.39 is 23.7 Å². The highest BCUT2D eigenvalue weighted by Gasteiger charge is 2.40. The van der Waals surface area contributed by atoms with Crippen LogP contribution in [0.3, 0.4) is 0 Å². The molecule has 0 spiro atoms. The largest absolute Gasteiger partial charge is 0.383 e. The van der Waals surface area contributed by atoms with Crippen LogP contribution in [0.15, 0.2) is 36.5 Å². The molecule has 184 valence electrons. The number of nitrogens with two attached hydrogens (primary N) is 1. The summed E-state index contributed by atoms with van der Waals surface area (Å²) in [5.41, 5.74) is 7.94. The molecule has 1 aromatic carbocycles. The molecule has 8 nitrogen and oxygen atoms in total. The predicted octanol–water partition coefficient (Wildman–Crippen LogP) is 3.22. The van der Waals surface area contributed by atoms with E-state index in [0.29, 0.717) is 35.3 Å². The van der Waals surface area contributed by atoms with Crippen LogP contribution in [0.2, 0.25) is 0 Å². The molecule has 3 fully saturated rings. The van der Waals surface area contributed by atoms with Gasteiger partial charge in [-0.1, -0.05) is 12.1 Å². The summed E-state index contributed by atoms with van der Waals surface area (Å²) in [5.74, 6) is -0.588. The van der Waals surface area contributed by atoms with Crippen molar-refractivity contribution in [1.82, 2.24) is 14.8 Å². The number of halogens is 1. The molecule has 35 heavy (non-hydrogen) atoms. The topological polar surface area (TPSA) is 109 Å². The Hall–Kier alpha value is -3.49. The Kier molecular flexibility index (Phi) is 6.17. The standard InChI is InChI=1S/C26H30FN5O3/c1-15-13-32(26(35)25(34)30-20-11-21(17-4-5-17)24(28)29-12-20)22(18-6-8-19(27)9-7-18)14-31(15)23(33)10-16-2-3-16/h6-9,11-12,15-17,22H,2-5,10,13-14H2,1H3,(H2,28,29)(H,30,34)/t15-,22+/m1/s1. The first kappa shape index (κ1) is 23.3. The second kappa shape index (κ2) is 9.28. The Labute approximate surface area is 203 Å². The third-order valence-corrected chi connectivity index (χ3v) is 7.15. The highest BCUT2D eigenvalue weighted by molar-refractivity contribution is 6.39. The molecule has 0 unspecified atom stereocenters. The first-order chi connectivity index (χ1) is 16.8. The quantitative estimate of drug-likeness (QED) is 0.640. The summed E-state index contributed by atoms with van der Waals surface area (Å²) in [7, 11) is 0. The number of rotatable bonds is 5. The van der Waals surface area contributed by atoms with Gasteiger partial charge in [-0.3, -0.25) is 14.4 Å². The monoisotopic (exact) mass is 479 g/mol. The summed E-state index contributed by atoms with van der Waals surface area (Å²) in [5, 5.41) is 2.66. The van der Waals surface area contributed by atoms with Crippen molar-refractivity contribution in [1.29, 1.82) is 0 Å². The number of nitrogen functional groups attached to an aromatic ring is 1. The van der Waals surface area contributed by atoms with Gasteiger partial charge in [0.25, 0.3) is 0 Å². The van der Waals surface area contributed by atoms with Crippen molar-refractivity contribution in [3.63, 3.8) is 0 Å². The molecule has 2 atom stereocenters. The van der Waals surface area contributed by atoms with Crippen LogP contribution in [-0.2, 0) is 14.4 Å². The Morgan fingerprint density at radius 3 is 2.46 bits per heavy atom. The van der Waals surface area contributed by atoms with Crippen LogP contribution in [-0.4, -0.2) is 51.6 Å². The van der Waals surface area contributed by atoms with Gasteiger partial charge in [-0.25, -0.2) is 9.37 Å². The number of carbonyl (C=O) groups is 3. The minimum atomic E-state index is -0.782. The molecule has 3 amide bonds. The molecule has 2 saturated carbocycles. The first-order valence-corrected chi connectivity index (χ1v) is 12.2. The number of carbonyl (C=O) groups excluding carboxylic acids is 3. The van der Waals surface area contributed by atoms with Crippen molar-refractivity contribution < 1.29 is 18.8 Å². The highest BCUT2D eigenvalue weighted by Crippen LogP contribution is 2.43. The number of anilines is 2. The lowest BCUT2D eigenvalue weighted by molar-refractivity contribution is -0.151. The minimum absolute atomic E-state index is 0.0595. The van der Waals surface area contributed by atoms with Crippen LogP contribution in [0.1, 0.15) is 62.1 Å². The van der Waals surface area contributed by atoms with Gasteiger partial charge in [0.2, 0.25) is 5.91 Å². The zero-order valence-corrected chi connectivity index (χ0v) is 19.7. The van der Waals surface area contributed by atoms with E-state index in [9.17, 15) is 18.8 Å². The van der Waals surface area contributed by atoms with E-state index in [1.165, 1.54) is 23.2 Å². The van der Waals surface area contributed by atoms with E-state index in [1.54, 1.807) is 23.1 Å². The molecule has 0 radical (unpaired) electrons. The first-order valence-electron chi connectivity index (χ1n) is 12.2. The summed E-state index contributed by atoms with van der Waals surface area (Å²) in [4.78, 5) is 46.7. The van der Waals surface area contributed by atoms with Crippen LogP contribution in [0.5, 0.6) is 0 Å². The molecular formula is C26H30FN5O3. The van der Waals surface area contributed by atoms with Crippen molar-refractivity contribution >= 4 is 29.2 Å². The fourth-order valence-electron chi connectivity index (χ4n) is 4.80. The van der Waals surface area contributed by atoms with E-state index >= 15 is 0 Å². The normalized spacial score (nSPS) is 22.1. The number of amides is 3. The number of nitrogens with one attached hydrogen (secondary N) is 1. The van der Waals surface area contributed by atoms with E-state index in [4.69, 9.17) is 5.73 Å². The third-order valence-electron chi connectivity index (χ3n) is 7.15. The van der Waals surface area contributed by atoms with Crippen molar-refractivity contribution in [2.75, 3.05) is 24.1 Å². The Morgan fingerprint density at radius 2 is 1.80 bits per heavy atom. The second-order valence-corrected chi connectivity index (χ2v) is 9.99. The van der Waals surface area contributed by atoms with Gasteiger partial charge < -0.3 is 20.9 Å². The second-order valence-electron chi connectivity index (χ2n) is 9.99. The molecule has 2 aliphatic carbocycles. The third kappa shape index (κ3) is 5.13. The van der Waals surface area contributed by atoms with E-state index in [0.717, 1.165) is 31.2 Å². The summed E-state index contributed by atoms with van der Waals surface area (Å²) < 4.78 is 13.6. The lowest BCUT2D eigenvalue weighted by Gasteiger charge is -2.45. The molecule has 1 aliphatic heterocycles. The molecule has 3 N–H and O–H groups in total.